The number of hydroxylamine groups is 3. The lowest BCUT2D eigenvalue weighted by Gasteiger charge is -2.42. The fraction of sp³-hybridized carbons (Fsp3) is 0.778. The van der Waals surface area contributed by atoms with Crippen molar-refractivity contribution in [1.82, 2.24) is 0 Å². The molecule has 3 aliphatic rings. The molecule has 2 fully saturated rings. The molecule has 0 aromatic carbocycles. The van der Waals surface area contributed by atoms with E-state index in [0.29, 0.717) is 12.0 Å². The summed E-state index contributed by atoms with van der Waals surface area (Å²) in [5.41, 5.74) is -3.79. The van der Waals surface area contributed by atoms with Crippen molar-refractivity contribution in [3.8, 4) is 0 Å². The maximum absolute atomic E-state index is 13.0. The molecule has 2 saturated heterocycles. The first-order chi connectivity index (χ1) is 12.4. The molecular formula is C18H27NO8. The Morgan fingerprint density at radius 3 is 2.63 bits per heavy atom. The Labute approximate surface area is 157 Å². The molecule has 7 atom stereocenters. The molecule has 3 N–H and O–H groups in total. The quantitative estimate of drug-likeness (QED) is 0.235. The van der Waals surface area contributed by atoms with Crippen LogP contribution in [0.4, 0.5) is 0 Å². The predicted octanol–water partition coefficient (Wildman–Crippen LogP) is -0.629. The Bertz CT molecular complexity index is 674. The normalized spacial score (nSPS) is 46.5. The molecule has 0 amide bonds. The lowest BCUT2D eigenvalue weighted by molar-refractivity contribution is -0.877. The molecule has 27 heavy (non-hydrogen) atoms. The topological polar surface area (TPSA) is 136 Å². The number of nitrogens with zero attached hydrogens (tertiary/aromatic N) is 1. The molecule has 0 aromatic rings. The third-order valence-electron chi connectivity index (χ3n) is 6.36. The molecule has 0 radical (unpaired) electrons. The summed E-state index contributed by atoms with van der Waals surface area (Å²) in [6.07, 6.45) is -0.704. The van der Waals surface area contributed by atoms with Crippen molar-refractivity contribution in [3.05, 3.63) is 16.9 Å². The summed E-state index contributed by atoms with van der Waals surface area (Å²) in [7, 11) is 0. The average molecular weight is 385 g/mol. The Morgan fingerprint density at radius 1 is 1.33 bits per heavy atom. The number of ether oxygens (including phenoxy) is 2. The van der Waals surface area contributed by atoms with Crippen LogP contribution in [0, 0.1) is 11.1 Å². The number of cyclic esters (lactones) is 1. The number of hydrogen-bond donors (Lipinski definition) is 3. The van der Waals surface area contributed by atoms with Crippen molar-refractivity contribution in [2.75, 3.05) is 19.7 Å². The van der Waals surface area contributed by atoms with E-state index in [2.05, 4.69) is 0 Å². The minimum Gasteiger partial charge on any atom is -0.632 e. The molecule has 152 valence electrons. The van der Waals surface area contributed by atoms with Crippen LogP contribution in [0.25, 0.3) is 0 Å². The molecule has 0 aromatic heterocycles. The highest BCUT2D eigenvalue weighted by Crippen LogP contribution is 2.40. The number of esters is 2. The predicted molar refractivity (Wildman–Crippen MR) is 91.7 cm³/mol. The summed E-state index contributed by atoms with van der Waals surface area (Å²) in [5, 5.41) is 44.4. The number of carbonyl (C=O) groups is 2. The van der Waals surface area contributed by atoms with E-state index in [1.807, 2.05) is 0 Å². The van der Waals surface area contributed by atoms with Crippen LogP contribution in [0.5, 0.6) is 0 Å². The van der Waals surface area contributed by atoms with Gasteiger partial charge in [0.1, 0.15) is 6.61 Å². The molecule has 3 aliphatic heterocycles. The molecule has 2 unspecified atom stereocenters. The van der Waals surface area contributed by atoms with E-state index in [-0.39, 0.29) is 19.7 Å². The maximum Gasteiger partial charge on any atom is 0.341 e. The smallest absolute Gasteiger partial charge is 0.341 e. The van der Waals surface area contributed by atoms with Gasteiger partial charge in [0.15, 0.2) is 23.3 Å². The van der Waals surface area contributed by atoms with Crippen molar-refractivity contribution in [2.45, 2.75) is 63.1 Å². The number of aliphatic hydroxyl groups is 3. The molecule has 9 heteroatoms. The number of rotatable bonds is 1. The molecular weight excluding hydrogens is 358 g/mol. The molecule has 9 nitrogen and oxygen atoms in total. The fourth-order valence-corrected chi connectivity index (χ4v) is 4.18. The SMILES string of the molecule is CC1C[C@](O)([C@@H](C)O)C(=O)O[C@@H]2CC[N+]3([O-])CC=C(COC(=O)[C@]1(C)O)[C@H]23. The van der Waals surface area contributed by atoms with Crippen molar-refractivity contribution >= 4 is 11.9 Å². The van der Waals surface area contributed by atoms with Crippen molar-refractivity contribution in [3.63, 3.8) is 0 Å². The van der Waals surface area contributed by atoms with Crippen LogP contribution < -0.4 is 0 Å². The molecule has 0 saturated carbocycles. The van der Waals surface area contributed by atoms with Gasteiger partial charge in [0, 0.05) is 12.0 Å². The lowest BCUT2D eigenvalue weighted by Crippen LogP contribution is -2.56. The number of aliphatic hydroxyl groups excluding tert-OH is 1. The van der Waals surface area contributed by atoms with Crippen LogP contribution in [0.3, 0.4) is 0 Å². The standard InChI is InChI=1S/C18H27NO8/c1-10-8-18(24,11(2)20)16(22)27-13-5-7-19(25)6-4-12(14(13)19)9-26-15(21)17(10,3)23/h4,10-11,13-14,20,23-24H,5-9H2,1-3H3/t10?,11-,13-,14-,17-,18+,19?/m1/s1. The van der Waals surface area contributed by atoms with Crippen molar-refractivity contribution in [1.29, 1.82) is 0 Å². The minimum absolute atomic E-state index is 0.163. The minimum atomic E-state index is -2.33. The zero-order valence-corrected chi connectivity index (χ0v) is 15.8. The van der Waals surface area contributed by atoms with Gasteiger partial charge in [-0.1, -0.05) is 6.92 Å². The second-order valence-electron chi connectivity index (χ2n) is 8.24. The zero-order chi connectivity index (χ0) is 20.2. The van der Waals surface area contributed by atoms with Gasteiger partial charge in [-0.3, -0.25) is 0 Å². The van der Waals surface area contributed by atoms with Crippen LogP contribution in [0.15, 0.2) is 11.6 Å². The summed E-state index contributed by atoms with van der Waals surface area (Å²) < 4.78 is 10.1. The van der Waals surface area contributed by atoms with Gasteiger partial charge in [-0.05, 0) is 32.3 Å². The van der Waals surface area contributed by atoms with E-state index in [1.165, 1.54) is 20.8 Å². The molecule has 3 heterocycles. The first-order valence-electron chi connectivity index (χ1n) is 9.19. The number of hydrogen-bond acceptors (Lipinski definition) is 8. The van der Waals surface area contributed by atoms with Crippen LogP contribution in [-0.2, 0) is 19.1 Å². The summed E-state index contributed by atoms with van der Waals surface area (Å²) >= 11 is 0. The van der Waals surface area contributed by atoms with Gasteiger partial charge in [-0.15, -0.1) is 0 Å². The Balaban J connectivity index is 2.00. The van der Waals surface area contributed by atoms with E-state index < -0.39 is 58.4 Å². The van der Waals surface area contributed by atoms with Gasteiger partial charge >= 0.3 is 11.9 Å². The van der Waals surface area contributed by atoms with Gasteiger partial charge < -0.3 is 34.6 Å². The summed E-state index contributed by atoms with van der Waals surface area (Å²) in [6.45, 7) is 4.19. The monoisotopic (exact) mass is 385 g/mol. The van der Waals surface area contributed by atoms with Crippen LogP contribution in [-0.4, -0.2) is 81.1 Å². The highest BCUT2D eigenvalue weighted by Gasteiger charge is 2.55. The first kappa shape index (κ1) is 20.2. The van der Waals surface area contributed by atoms with E-state index in [9.17, 15) is 30.1 Å². The second kappa shape index (κ2) is 6.52. The van der Waals surface area contributed by atoms with E-state index >= 15 is 0 Å². The third-order valence-corrected chi connectivity index (χ3v) is 6.36. The van der Waals surface area contributed by atoms with Gasteiger partial charge in [0.2, 0.25) is 0 Å². The maximum atomic E-state index is 13.0. The molecule has 0 spiro atoms. The van der Waals surface area contributed by atoms with Crippen LogP contribution in [0.2, 0.25) is 0 Å². The largest absolute Gasteiger partial charge is 0.632 e. The highest BCUT2D eigenvalue weighted by atomic mass is 16.6. The molecule has 3 rings (SSSR count). The Kier molecular flexibility index (Phi) is 4.89. The highest BCUT2D eigenvalue weighted by molar-refractivity contribution is 5.82. The molecule has 0 bridgehead atoms. The molecule has 0 aliphatic carbocycles. The van der Waals surface area contributed by atoms with E-state index in [0.717, 1.165) is 0 Å². The van der Waals surface area contributed by atoms with Crippen LogP contribution >= 0.6 is 0 Å². The summed E-state index contributed by atoms with van der Waals surface area (Å²) in [4.78, 5) is 25.2. The van der Waals surface area contributed by atoms with Crippen LogP contribution in [0.1, 0.15) is 33.6 Å². The second-order valence-corrected chi connectivity index (χ2v) is 8.24. The van der Waals surface area contributed by atoms with E-state index in [1.54, 1.807) is 6.08 Å². The van der Waals surface area contributed by atoms with E-state index in [4.69, 9.17) is 9.47 Å². The van der Waals surface area contributed by atoms with Gasteiger partial charge in [0.25, 0.3) is 0 Å². The van der Waals surface area contributed by atoms with Gasteiger partial charge in [-0.25, -0.2) is 9.59 Å². The Hall–Kier alpha value is -1.52. The first-order valence-corrected chi connectivity index (χ1v) is 9.19. The zero-order valence-electron chi connectivity index (χ0n) is 15.8. The summed E-state index contributed by atoms with van der Waals surface area (Å²) in [5.74, 6) is -2.88. The third kappa shape index (κ3) is 3.17. The van der Waals surface area contributed by atoms with Crippen molar-refractivity contribution < 1.29 is 39.0 Å². The fourth-order valence-electron chi connectivity index (χ4n) is 4.18. The number of carbonyl (C=O) groups excluding carboxylic acids is 2. The van der Waals surface area contributed by atoms with Gasteiger partial charge in [-0.2, -0.15) is 0 Å². The van der Waals surface area contributed by atoms with Crippen molar-refractivity contribution in [2.24, 2.45) is 5.92 Å². The Morgan fingerprint density at radius 2 is 2.00 bits per heavy atom. The summed E-state index contributed by atoms with van der Waals surface area (Å²) in [6, 6.07) is -0.721. The average Bonchev–Trinajstić information content (AvgIpc) is 3.07. The lowest BCUT2D eigenvalue weighted by atomic mass is 9.79. The number of quaternary nitrogens is 1. The van der Waals surface area contributed by atoms with Gasteiger partial charge in [0.05, 0.1) is 19.2 Å².